The Kier molecular flexibility index (Phi) is 6.04. The Balaban J connectivity index is 1.23. The van der Waals surface area contributed by atoms with Crippen molar-refractivity contribution in [3.8, 4) is 0 Å². The first-order valence-corrected chi connectivity index (χ1v) is 13.3. The number of fused-ring (bicyclic) bond motifs is 1. The molecule has 174 valence electrons. The Hall–Kier alpha value is -2.60. The fourth-order valence-corrected chi connectivity index (χ4v) is 6.95. The van der Waals surface area contributed by atoms with Gasteiger partial charge in [-0.15, -0.1) is 11.3 Å². The molecule has 5 rings (SSSR count). The van der Waals surface area contributed by atoms with Gasteiger partial charge in [0.15, 0.2) is 4.96 Å². The maximum absolute atomic E-state index is 13.3. The number of nitrogens with zero attached hydrogens (tertiary/aromatic N) is 5. The molecule has 0 spiro atoms. The first kappa shape index (κ1) is 22.2. The Morgan fingerprint density at radius 2 is 1.85 bits per heavy atom. The summed E-state index contributed by atoms with van der Waals surface area (Å²) in [5.41, 5.74) is 0.629. The highest BCUT2D eigenvalue weighted by molar-refractivity contribution is 7.89. The molecule has 0 radical (unpaired) electrons. The average Bonchev–Trinajstić information content (AvgIpc) is 3.50. The number of hydrogen-bond acceptors (Lipinski definition) is 7. The van der Waals surface area contributed by atoms with Gasteiger partial charge in [0.25, 0.3) is 5.56 Å². The lowest BCUT2D eigenvalue weighted by atomic mass is 10.2. The van der Waals surface area contributed by atoms with Crippen molar-refractivity contribution in [1.82, 2.24) is 23.5 Å². The molecule has 1 atom stereocenters. The number of carbonyl (C=O) groups excluding carboxylic acids is 1. The molecule has 1 aromatic carbocycles. The highest BCUT2D eigenvalue weighted by Gasteiger charge is 2.41. The Labute approximate surface area is 195 Å². The lowest BCUT2D eigenvalue weighted by Gasteiger charge is -2.37. The fourth-order valence-electron chi connectivity index (χ4n) is 4.54. The van der Waals surface area contributed by atoms with E-state index in [-0.39, 0.29) is 16.4 Å². The second kappa shape index (κ2) is 8.98. The summed E-state index contributed by atoms with van der Waals surface area (Å²) in [5, 5.41) is 1.84. The monoisotopic (exact) mass is 487 g/mol. The summed E-state index contributed by atoms with van der Waals surface area (Å²) < 4.78 is 29.1. The second-order valence-corrected chi connectivity index (χ2v) is 11.1. The smallest absolute Gasteiger partial charge is 0.258 e. The third kappa shape index (κ3) is 4.33. The van der Waals surface area contributed by atoms with Crippen molar-refractivity contribution in [2.75, 3.05) is 32.7 Å². The van der Waals surface area contributed by atoms with Gasteiger partial charge in [-0.3, -0.25) is 18.9 Å². The van der Waals surface area contributed by atoms with Crippen LogP contribution in [0.4, 0.5) is 0 Å². The molecule has 0 saturated carbocycles. The standard InChI is InChI=1S/C22H25N5O4S2/c28-20-15-17(23-22-26(20)13-14-32-22)16-24-9-11-25(12-10-24)21(29)19-7-4-8-27(19)33(30,31)18-5-2-1-3-6-18/h1-3,5-6,13-15,19H,4,7-12,16H2. The molecule has 2 saturated heterocycles. The molecule has 2 aliphatic rings. The van der Waals surface area contributed by atoms with Crippen LogP contribution in [0, 0.1) is 0 Å². The van der Waals surface area contributed by atoms with Crippen LogP contribution in [-0.2, 0) is 21.4 Å². The summed E-state index contributed by atoms with van der Waals surface area (Å²) in [4.78, 5) is 34.9. The topological polar surface area (TPSA) is 95.3 Å². The van der Waals surface area contributed by atoms with Gasteiger partial charge in [-0.25, -0.2) is 13.4 Å². The molecule has 0 bridgehead atoms. The zero-order valence-electron chi connectivity index (χ0n) is 18.0. The largest absolute Gasteiger partial charge is 0.339 e. The minimum atomic E-state index is -3.70. The van der Waals surface area contributed by atoms with Gasteiger partial charge in [0.05, 0.1) is 10.6 Å². The van der Waals surface area contributed by atoms with E-state index in [1.54, 1.807) is 47.5 Å². The lowest BCUT2D eigenvalue weighted by Crippen LogP contribution is -2.54. The predicted molar refractivity (Wildman–Crippen MR) is 125 cm³/mol. The molecule has 11 heteroatoms. The summed E-state index contributed by atoms with van der Waals surface area (Å²) in [6.07, 6.45) is 2.93. The number of hydrogen-bond donors (Lipinski definition) is 0. The highest BCUT2D eigenvalue weighted by Crippen LogP contribution is 2.27. The normalized spacial score (nSPS) is 20.5. The van der Waals surface area contributed by atoms with Crippen LogP contribution >= 0.6 is 11.3 Å². The third-order valence-corrected chi connectivity index (χ3v) is 8.94. The van der Waals surface area contributed by atoms with Crippen LogP contribution in [0.25, 0.3) is 4.96 Å². The van der Waals surface area contributed by atoms with Crippen LogP contribution in [0.2, 0.25) is 0 Å². The summed E-state index contributed by atoms with van der Waals surface area (Å²) in [5.74, 6) is -0.122. The molecule has 9 nitrogen and oxygen atoms in total. The number of thiazole rings is 1. The van der Waals surface area contributed by atoms with Crippen molar-refractivity contribution in [1.29, 1.82) is 0 Å². The van der Waals surface area contributed by atoms with Crippen LogP contribution in [0.3, 0.4) is 0 Å². The van der Waals surface area contributed by atoms with Crippen LogP contribution < -0.4 is 5.56 Å². The van der Waals surface area contributed by atoms with E-state index in [2.05, 4.69) is 9.88 Å². The van der Waals surface area contributed by atoms with Crippen molar-refractivity contribution in [3.05, 3.63) is 64.0 Å². The van der Waals surface area contributed by atoms with Gasteiger partial charge in [-0.2, -0.15) is 4.31 Å². The zero-order chi connectivity index (χ0) is 23.0. The molecular formula is C22H25N5O4S2. The number of benzene rings is 1. The number of piperazine rings is 1. The SMILES string of the molecule is O=C(C1CCCN1S(=O)(=O)c1ccccc1)N1CCN(Cc2cc(=O)n3ccsc3n2)CC1. The van der Waals surface area contributed by atoms with Gasteiger partial charge in [0.2, 0.25) is 15.9 Å². The van der Waals surface area contributed by atoms with E-state index < -0.39 is 16.1 Å². The average molecular weight is 488 g/mol. The molecule has 0 aliphatic carbocycles. The lowest BCUT2D eigenvalue weighted by molar-refractivity contribution is -0.136. The summed E-state index contributed by atoms with van der Waals surface area (Å²) >= 11 is 1.42. The maximum Gasteiger partial charge on any atom is 0.258 e. The molecule has 4 heterocycles. The molecule has 1 unspecified atom stereocenters. The summed E-state index contributed by atoms with van der Waals surface area (Å²) in [6.45, 7) is 3.25. The van der Waals surface area contributed by atoms with Gasteiger partial charge < -0.3 is 4.90 Å². The van der Waals surface area contributed by atoms with E-state index in [1.165, 1.54) is 20.0 Å². The zero-order valence-corrected chi connectivity index (χ0v) is 19.7. The third-order valence-electron chi connectivity index (χ3n) is 6.26. The highest BCUT2D eigenvalue weighted by atomic mass is 32.2. The van der Waals surface area contributed by atoms with Crippen LogP contribution in [-0.4, -0.2) is 76.6 Å². The van der Waals surface area contributed by atoms with E-state index in [9.17, 15) is 18.0 Å². The van der Waals surface area contributed by atoms with Crippen LogP contribution in [0.15, 0.2) is 57.7 Å². The van der Waals surface area contributed by atoms with E-state index in [0.717, 1.165) is 5.69 Å². The minimum absolute atomic E-state index is 0.0917. The Morgan fingerprint density at radius 3 is 2.61 bits per heavy atom. The molecule has 2 aromatic heterocycles. The Morgan fingerprint density at radius 1 is 1.09 bits per heavy atom. The van der Waals surface area contributed by atoms with Crippen molar-refractivity contribution in [2.45, 2.75) is 30.3 Å². The van der Waals surface area contributed by atoms with Crippen molar-refractivity contribution in [2.24, 2.45) is 0 Å². The van der Waals surface area contributed by atoms with E-state index in [0.29, 0.717) is 57.1 Å². The van der Waals surface area contributed by atoms with E-state index >= 15 is 0 Å². The molecule has 33 heavy (non-hydrogen) atoms. The van der Waals surface area contributed by atoms with Crippen LogP contribution in [0.1, 0.15) is 18.5 Å². The maximum atomic E-state index is 13.3. The van der Waals surface area contributed by atoms with Crippen molar-refractivity contribution >= 4 is 32.2 Å². The molecular weight excluding hydrogens is 462 g/mol. The number of rotatable bonds is 5. The second-order valence-electron chi connectivity index (χ2n) is 8.33. The van der Waals surface area contributed by atoms with Gasteiger partial charge in [-0.1, -0.05) is 18.2 Å². The van der Waals surface area contributed by atoms with Crippen molar-refractivity contribution < 1.29 is 13.2 Å². The molecule has 1 amide bonds. The number of amides is 1. The van der Waals surface area contributed by atoms with E-state index in [1.807, 2.05) is 5.38 Å². The summed E-state index contributed by atoms with van der Waals surface area (Å²) in [7, 11) is -3.70. The molecule has 0 N–H and O–H groups in total. The van der Waals surface area contributed by atoms with Gasteiger partial charge in [0.1, 0.15) is 6.04 Å². The van der Waals surface area contributed by atoms with Crippen molar-refractivity contribution in [3.63, 3.8) is 0 Å². The fraction of sp³-hybridized carbons (Fsp3) is 0.409. The van der Waals surface area contributed by atoms with E-state index in [4.69, 9.17) is 0 Å². The first-order valence-electron chi connectivity index (χ1n) is 11.0. The number of aromatic nitrogens is 2. The molecule has 2 aliphatic heterocycles. The van der Waals surface area contributed by atoms with Crippen LogP contribution in [0.5, 0.6) is 0 Å². The first-order chi connectivity index (χ1) is 15.9. The van der Waals surface area contributed by atoms with Gasteiger partial charge in [-0.05, 0) is 25.0 Å². The quantitative estimate of drug-likeness (QED) is 0.538. The summed E-state index contributed by atoms with van der Waals surface area (Å²) in [6, 6.07) is 9.21. The predicted octanol–water partition coefficient (Wildman–Crippen LogP) is 1.25. The van der Waals surface area contributed by atoms with Gasteiger partial charge in [0, 0.05) is 56.9 Å². The molecule has 3 aromatic rings. The molecule has 2 fully saturated rings. The van der Waals surface area contributed by atoms with Gasteiger partial charge >= 0.3 is 0 Å². The number of sulfonamides is 1. The number of carbonyl (C=O) groups is 1. The minimum Gasteiger partial charge on any atom is -0.339 e. The Bertz CT molecular complexity index is 1310.